The normalized spacial score (nSPS) is 11.9. The van der Waals surface area contributed by atoms with Crippen LogP contribution in [0.3, 0.4) is 0 Å². The Morgan fingerprint density at radius 3 is 2.15 bits per heavy atom. The average Bonchev–Trinajstić information content (AvgIpc) is 2.76. The minimum atomic E-state index is -4.24. The average molecular weight is 554 g/mol. The zero-order chi connectivity index (χ0) is 24.2. The minimum absolute atomic E-state index is 0.0364. The number of aryl methyl sites for hydroxylation is 1. The molecular weight excluding hydrogens is 538 g/mol. The van der Waals surface area contributed by atoms with Crippen molar-refractivity contribution in [3.8, 4) is 5.75 Å². The van der Waals surface area contributed by atoms with E-state index in [2.05, 4.69) is 25.9 Å². The molecule has 0 atom stereocenters. The van der Waals surface area contributed by atoms with Gasteiger partial charge in [-0.05, 0) is 70.9 Å². The highest BCUT2D eigenvalue weighted by atomic mass is 79.9. The van der Waals surface area contributed by atoms with E-state index in [1.54, 1.807) is 12.1 Å². The van der Waals surface area contributed by atoms with Gasteiger partial charge in [0.2, 0.25) is 0 Å². The molecule has 0 spiro atoms. The van der Waals surface area contributed by atoms with Gasteiger partial charge < -0.3 is 4.18 Å². The molecule has 0 saturated carbocycles. The summed E-state index contributed by atoms with van der Waals surface area (Å²) in [6, 6.07) is 14.8. The Balaban J connectivity index is 1.71. The predicted molar refractivity (Wildman–Crippen MR) is 124 cm³/mol. The topological polar surface area (TPSA) is 145 Å². The summed E-state index contributed by atoms with van der Waals surface area (Å²) in [7, 11) is -8.07. The molecule has 1 N–H and O–H groups in total. The molecule has 0 radical (unpaired) electrons. The molecule has 0 unspecified atom stereocenters. The monoisotopic (exact) mass is 553 g/mol. The number of hydrazone groups is 1. The van der Waals surface area contributed by atoms with Gasteiger partial charge in [-0.15, -0.1) is 0 Å². The highest BCUT2D eigenvalue weighted by molar-refractivity contribution is 9.10. The largest absolute Gasteiger partial charge is 0.378 e. The van der Waals surface area contributed by atoms with Crippen LogP contribution in [0.25, 0.3) is 0 Å². The fourth-order valence-electron chi connectivity index (χ4n) is 2.51. The number of hydrogen-bond donors (Lipinski definition) is 1. The summed E-state index contributed by atoms with van der Waals surface area (Å²) in [5, 5.41) is 14.4. The molecular formula is C20H16BrN3O7S2. The number of halogens is 1. The lowest BCUT2D eigenvalue weighted by atomic mass is 10.2. The molecule has 33 heavy (non-hydrogen) atoms. The predicted octanol–water partition coefficient (Wildman–Crippen LogP) is 3.75. The van der Waals surface area contributed by atoms with Crippen LogP contribution in [0.2, 0.25) is 0 Å². The number of non-ortho nitro benzene ring substituents is 1. The summed E-state index contributed by atoms with van der Waals surface area (Å²) in [4.78, 5) is 12.0. The van der Waals surface area contributed by atoms with Gasteiger partial charge in [0, 0.05) is 12.1 Å². The van der Waals surface area contributed by atoms with Crippen LogP contribution < -0.4 is 9.01 Å². The molecule has 0 heterocycles. The molecule has 0 amide bonds. The highest BCUT2D eigenvalue weighted by Gasteiger charge is 2.19. The van der Waals surface area contributed by atoms with E-state index in [0.29, 0.717) is 5.56 Å². The number of rotatable bonds is 8. The maximum Gasteiger partial charge on any atom is 0.339 e. The Bertz CT molecular complexity index is 1420. The first kappa shape index (κ1) is 24.4. The van der Waals surface area contributed by atoms with Crippen molar-refractivity contribution in [3.05, 3.63) is 92.4 Å². The number of sulfonamides is 1. The number of nitro benzene ring substituents is 1. The first-order chi connectivity index (χ1) is 15.5. The fraction of sp³-hybridized carbons (Fsp3) is 0.0500. The summed E-state index contributed by atoms with van der Waals surface area (Å²) in [5.74, 6) is -0.0364. The number of benzene rings is 3. The first-order valence-corrected chi connectivity index (χ1v) is 12.8. The molecule has 0 fully saturated rings. The third kappa shape index (κ3) is 6.15. The SMILES string of the molecule is Cc1ccc(S(=O)(=O)N/N=C\c2ccc(OS(=O)(=O)c3ccc([N+](=O)[O-])cc3)c(Br)c2)cc1. The third-order valence-corrected chi connectivity index (χ3v) is 7.32. The second-order valence-electron chi connectivity index (χ2n) is 6.64. The zero-order valence-electron chi connectivity index (χ0n) is 16.9. The summed E-state index contributed by atoms with van der Waals surface area (Å²) in [6.07, 6.45) is 1.24. The maximum atomic E-state index is 12.4. The number of nitro groups is 1. The van der Waals surface area contributed by atoms with Gasteiger partial charge in [-0.2, -0.15) is 21.9 Å². The molecule has 13 heteroatoms. The van der Waals surface area contributed by atoms with Gasteiger partial charge >= 0.3 is 10.1 Å². The lowest BCUT2D eigenvalue weighted by Gasteiger charge is -2.09. The molecule has 0 bridgehead atoms. The van der Waals surface area contributed by atoms with E-state index < -0.39 is 25.1 Å². The van der Waals surface area contributed by atoms with Crippen LogP contribution in [0.5, 0.6) is 5.75 Å². The van der Waals surface area contributed by atoms with Crippen molar-refractivity contribution in [2.45, 2.75) is 16.7 Å². The van der Waals surface area contributed by atoms with Crippen molar-refractivity contribution in [2.75, 3.05) is 0 Å². The van der Waals surface area contributed by atoms with Gasteiger partial charge in [0.25, 0.3) is 15.7 Å². The third-order valence-electron chi connectivity index (χ3n) is 4.21. The van der Waals surface area contributed by atoms with E-state index in [1.165, 1.54) is 36.5 Å². The molecule has 3 rings (SSSR count). The quantitative estimate of drug-likeness (QED) is 0.193. The molecule has 3 aromatic carbocycles. The maximum absolute atomic E-state index is 12.4. The molecule has 10 nitrogen and oxygen atoms in total. The Morgan fingerprint density at radius 1 is 0.970 bits per heavy atom. The van der Waals surface area contributed by atoms with Crippen LogP contribution in [0.15, 0.2) is 86.1 Å². The molecule has 3 aromatic rings. The van der Waals surface area contributed by atoms with E-state index in [-0.39, 0.29) is 25.7 Å². The van der Waals surface area contributed by atoms with Crippen LogP contribution in [0, 0.1) is 17.0 Å². The van der Waals surface area contributed by atoms with Gasteiger partial charge in [-0.25, -0.2) is 4.83 Å². The molecule has 0 aliphatic rings. The van der Waals surface area contributed by atoms with Gasteiger partial charge in [-0.3, -0.25) is 10.1 Å². The van der Waals surface area contributed by atoms with E-state index >= 15 is 0 Å². The molecule has 0 saturated heterocycles. The van der Waals surface area contributed by atoms with Gasteiger partial charge in [0.1, 0.15) is 4.90 Å². The summed E-state index contributed by atoms with van der Waals surface area (Å²) in [5.41, 5.74) is 1.12. The van der Waals surface area contributed by atoms with Crippen LogP contribution in [-0.2, 0) is 20.1 Å². The Kier molecular flexibility index (Phi) is 7.15. The summed E-state index contributed by atoms with van der Waals surface area (Å²) >= 11 is 3.20. The zero-order valence-corrected chi connectivity index (χ0v) is 20.1. The van der Waals surface area contributed by atoms with Crippen molar-refractivity contribution in [3.63, 3.8) is 0 Å². The second kappa shape index (κ2) is 9.68. The smallest absolute Gasteiger partial charge is 0.339 e. The van der Waals surface area contributed by atoms with Gasteiger partial charge in [-0.1, -0.05) is 17.7 Å². The van der Waals surface area contributed by atoms with Crippen molar-refractivity contribution in [2.24, 2.45) is 5.10 Å². The van der Waals surface area contributed by atoms with E-state index in [1.807, 2.05) is 6.92 Å². The Hall–Kier alpha value is -3.29. The molecule has 0 aliphatic heterocycles. The van der Waals surface area contributed by atoms with Crippen LogP contribution in [0.1, 0.15) is 11.1 Å². The van der Waals surface area contributed by atoms with Crippen molar-refractivity contribution >= 4 is 48.0 Å². The standard InChI is InChI=1S/C20H16BrN3O7S2/c1-14-2-7-17(8-3-14)32(27,28)23-22-13-15-4-11-20(19(21)12-15)31-33(29,30)18-9-5-16(6-10-18)24(25)26/h2-13,23H,1H3/b22-13-. The van der Waals surface area contributed by atoms with Crippen molar-refractivity contribution < 1.29 is 25.9 Å². The first-order valence-electron chi connectivity index (χ1n) is 9.08. The molecule has 0 aliphatic carbocycles. The highest BCUT2D eigenvalue weighted by Crippen LogP contribution is 2.29. The van der Waals surface area contributed by atoms with E-state index in [0.717, 1.165) is 29.8 Å². The second-order valence-corrected chi connectivity index (χ2v) is 10.7. The molecule has 0 aromatic heterocycles. The Morgan fingerprint density at radius 2 is 1.58 bits per heavy atom. The minimum Gasteiger partial charge on any atom is -0.378 e. The number of nitrogens with one attached hydrogen (secondary N) is 1. The van der Waals surface area contributed by atoms with Gasteiger partial charge in [0.05, 0.1) is 20.5 Å². The van der Waals surface area contributed by atoms with Crippen molar-refractivity contribution in [1.82, 2.24) is 4.83 Å². The summed E-state index contributed by atoms with van der Waals surface area (Å²) in [6.45, 7) is 1.84. The lowest BCUT2D eigenvalue weighted by Crippen LogP contribution is -2.18. The number of hydrogen-bond acceptors (Lipinski definition) is 8. The number of nitrogens with zero attached hydrogens (tertiary/aromatic N) is 2. The Labute approximate surface area is 198 Å². The summed E-state index contributed by atoms with van der Waals surface area (Å²) < 4.78 is 54.7. The van der Waals surface area contributed by atoms with E-state index in [4.69, 9.17) is 4.18 Å². The lowest BCUT2D eigenvalue weighted by molar-refractivity contribution is -0.384. The fourth-order valence-corrected chi connectivity index (χ4v) is 4.83. The van der Waals surface area contributed by atoms with Crippen molar-refractivity contribution in [1.29, 1.82) is 0 Å². The molecule has 172 valence electrons. The van der Waals surface area contributed by atoms with Crippen LogP contribution in [0.4, 0.5) is 5.69 Å². The van der Waals surface area contributed by atoms with Crippen LogP contribution in [-0.4, -0.2) is 28.0 Å². The van der Waals surface area contributed by atoms with Gasteiger partial charge in [0.15, 0.2) is 5.75 Å². The van der Waals surface area contributed by atoms with Crippen LogP contribution >= 0.6 is 15.9 Å². The van der Waals surface area contributed by atoms with E-state index in [9.17, 15) is 26.9 Å².